The molecule has 0 radical (unpaired) electrons. The summed E-state index contributed by atoms with van der Waals surface area (Å²) in [4.78, 5) is 2.19. The van der Waals surface area contributed by atoms with Crippen molar-refractivity contribution in [2.24, 2.45) is 0 Å². The Labute approximate surface area is 146 Å². The van der Waals surface area contributed by atoms with Gasteiger partial charge in [-0.05, 0) is 78.6 Å². The zero-order valence-corrected chi connectivity index (χ0v) is 18.1. The lowest BCUT2D eigenvalue weighted by atomic mass is 10.2. The first-order chi connectivity index (χ1) is 10.4. The first-order valence-corrected chi connectivity index (χ1v) is 11.0. The Morgan fingerprint density at radius 2 is 1.22 bits per heavy atom. The largest absolute Gasteiger partial charge is 0.378 e. The summed E-state index contributed by atoms with van der Waals surface area (Å²) in [6.45, 7) is 19.6. The molecule has 0 unspecified atom stereocenters. The van der Waals surface area contributed by atoms with Gasteiger partial charge in [0.05, 0.1) is 28.5 Å². The quantitative estimate of drug-likeness (QED) is 0.580. The van der Waals surface area contributed by atoms with Crippen molar-refractivity contribution in [3.63, 3.8) is 0 Å². The number of anilines is 1. The van der Waals surface area contributed by atoms with E-state index in [1.54, 1.807) is 5.30 Å². The van der Waals surface area contributed by atoms with Gasteiger partial charge in [0.1, 0.15) is 0 Å². The van der Waals surface area contributed by atoms with Crippen molar-refractivity contribution in [2.75, 3.05) is 19.0 Å². The Balaban J connectivity index is 3.68. The molecule has 1 aromatic rings. The summed E-state index contributed by atoms with van der Waals surface area (Å²) in [5.41, 5.74) is 2.08. The highest BCUT2D eigenvalue weighted by Gasteiger charge is 2.62. The molecule has 132 valence electrons. The summed E-state index contributed by atoms with van der Waals surface area (Å²) >= 11 is 0. The Kier molecular flexibility index (Phi) is 6.36. The van der Waals surface area contributed by atoms with Gasteiger partial charge < -0.3 is 4.90 Å². The van der Waals surface area contributed by atoms with Crippen molar-refractivity contribution >= 4 is 18.3 Å². The minimum atomic E-state index is -1.39. The van der Waals surface area contributed by atoms with Crippen LogP contribution in [0.5, 0.6) is 0 Å². The van der Waals surface area contributed by atoms with Gasteiger partial charge in [0.2, 0.25) is 0 Å². The number of hydrogen-bond acceptors (Lipinski definition) is 1. The lowest BCUT2D eigenvalue weighted by molar-refractivity contribution is 0.644. The summed E-state index contributed by atoms with van der Waals surface area (Å²) < 4.78 is 0. The van der Waals surface area contributed by atoms with Crippen LogP contribution in [0.15, 0.2) is 24.3 Å². The molecule has 0 amide bonds. The zero-order valence-electron chi connectivity index (χ0n) is 17.2. The fourth-order valence-electron chi connectivity index (χ4n) is 4.91. The normalized spacial score (nSPS) is 13.5. The van der Waals surface area contributed by atoms with Gasteiger partial charge in [-0.15, -0.1) is 0 Å². The summed E-state index contributed by atoms with van der Waals surface area (Å²) in [5, 5.41) is 2.22. The Morgan fingerprint density at radius 3 is 1.48 bits per heavy atom. The molecule has 0 heterocycles. The molecule has 0 bridgehead atoms. The minimum absolute atomic E-state index is 0.307. The van der Waals surface area contributed by atoms with Gasteiger partial charge >= 0.3 is 0 Å². The third-order valence-corrected chi connectivity index (χ3v) is 12.6. The molecule has 23 heavy (non-hydrogen) atoms. The van der Waals surface area contributed by atoms with E-state index in [-0.39, 0.29) is 0 Å². The molecule has 0 aromatic heterocycles. The van der Waals surface area contributed by atoms with Gasteiger partial charge in [0, 0.05) is 19.8 Å². The van der Waals surface area contributed by atoms with Crippen LogP contribution in [-0.2, 0) is 0 Å². The molecule has 0 atom stereocenters. The van der Waals surface area contributed by atoms with Crippen molar-refractivity contribution in [3.05, 3.63) is 24.3 Å². The van der Waals surface area contributed by atoms with Crippen LogP contribution in [0.4, 0.5) is 5.69 Å². The number of hydrogen-bond donors (Lipinski definition) is 0. The van der Waals surface area contributed by atoms with Gasteiger partial charge in [-0.1, -0.05) is 13.8 Å². The molecule has 0 spiro atoms. The van der Waals surface area contributed by atoms with Crippen LogP contribution in [-0.4, -0.2) is 30.1 Å². The van der Waals surface area contributed by atoms with Crippen molar-refractivity contribution in [1.29, 1.82) is 0 Å². The van der Waals surface area contributed by atoms with Gasteiger partial charge in [0.15, 0.2) is 0 Å². The van der Waals surface area contributed by atoms with E-state index in [9.17, 15) is 0 Å². The van der Waals surface area contributed by atoms with E-state index in [4.69, 9.17) is 0 Å². The molecule has 1 rings (SSSR count). The molecular formula is C21H39NP+. The highest BCUT2D eigenvalue weighted by molar-refractivity contribution is 7.86. The van der Waals surface area contributed by atoms with E-state index in [2.05, 4.69) is 98.7 Å². The molecule has 0 saturated heterocycles. The van der Waals surface area contributed by atoms with Crippen LogP contribution >= 0.6 is 7.26 Å². The topological polar surface area (TPSA) is 3.24 Å². The molecule has 0 aliphatic rings. The predicted molar refractivity (Wildman–Crippen MR) is 111 cm³/mol. The molecule has 2 heteroatoms. The molecular weight excluding hydrogens is 297 g/mol. The fourth-order valence-corrected chi connectivity index (χ4v) is 12.8. The fraction of sp³-hybridized carbons (Fsp3) is 0.714. The molecule has 1 nitrogen and oxygen atoms in total. The minimum Gasteiger partial charge on any atom is -0.378 e. The third-order valence-electron chi connectivity index (χ3n) is 5.38. The molecule has 0 fully saturated rings. The number of rotatable bonds is 5. The average molecular weight is 337 g/mol. The van der Waals surface area contributed by atoms with E-state index < -0.39 is 7.26 Å². The summed E-state index contributed by atoms with van der Waals surface area (Å²) in [6.07, 6.45) is 2.54. The maximum absolute atomic E-state index is 2.48. The Bertz CT molecular complexity index is 470. The summed E-state index contributed by atoms with van der Waals surface area (Å²) in [5.74, 6) is 0. The zero-order chi connectivity index (χ0) is 18.1. The number of benzene rings is 1. The van der Waals surface area contributed by atoms with Crippen LogP contribution in [0.25, 0.3) is 0 Å². The Hall–Kier alpha value is -0.550. The van der Waals surface area contributed by atoms with Crippen LogP contribution in [0, 0.1) is 0 Å². The smallest absolute Gasteiger partial charge is 0.0955 e. The van der Waals surface area contributed by atoms with Crippen molar-refractivity contribution in [3.8, 4) is 0 Å². The maximum atomic E-state index is 2.48. The molecule has 0 saturated carbocycles. The van der Waals surface area contributed by atoms with E-state index in [0.29, 0.717) is 10.3 Å². The maximum Gasteiger partial charge on any atom is 0.0955 e. The van der Waals surface area contributed by atoms with Gasteiger partial charge in [-0.25, -0.2) is 0 Å². The highest BCUT2D eigenvalue weighted by Crippen LogP contribution is 2.79. The van der Waals surface area contributed by atoms with Crippen molar-refractivity contribution in [1.82, 2.24) is 0 Å². The molecule has 0 N–H and O–H groups in total. The van der Waals surface area contributed by atoms with E-state index in [1.807, 2.05) is 0 Å². The molecule has 0 aliphatic heterocycles. The van der Waals surface area contributed by atoms with Crippen LogP contribution in [0.3, 0.4) is 0 Å². The third kappa shape index (κ3) is 3.60. The van der Waals surface area contributed by atoms with Gasteiger partial charge in [-0.3, -0.25) is 0 Å². The summed E-state index contributed by atoms with van der Waals surface area (Å²) in [7, 11) is 2.84. The standard InChI is InChI=1S/C21H39NP/c1-11-18(12-2)23(20(3,4)5,21(6,7)8)19-15-13-17(14-16-19)22(9)10/h13-16,18H,11-12H2,1-10H3/q+1. The second-order valence-electron chi connectivity index (χ2n) is 8.95. The first-order valence-electron chi connectivity index (χ1n) is 9.10. The predicted octanol–water partition coefficient (Wildman–Crippen LogP) is 6.18. The van der Waals surface area contributed by atoms with E-state index >= 15 is 0 Å². The second kappa shape index (κ2) is 7.14. The first kappa shape index (κ1) is 20.5. The second-order valence-corrected chi connectivity index (χ2v) is 14.3. The van der Waals surface area contributed by atoms with Gasteiger partial charge in [-0.2, -0.15) is 0 Å². The lowest BCUT2D eigenvalue weighted by Crippen LogP contribution is -2.45. The Morgan fingerprint density at radius 1 is 0.826 bits per heavy atom. The summed E-state index contributed by atoms with van der Waals surface area (Å²) in [6, 6.07) is 9.48. The molecule has 1 aromatic carbocycles. The monoisotopic (exact) mass is 336 g/mol. The molecule has 0 aliphatic carbocycles. The SMILES string of the molecule is CCC(CC)[P+](c1ccc(N(C)C)cc1)(C(C)(C)C)C(C)(C)C. The van der Waals surface area contributed by atoms with E-state index in [1.165, 1.54) is 18.5 Å². The van der Waals surface area contributed by atoms with Crippen LogP contribution in [0.1, 0.15) is 68.2 Å². The van der Waals surface area contributed by atoms with E-state index in [0.717, 1.165) is 5.66 Å². The average Bonchev–Trinajstić information content (AvgIpc) is 2.41. The van der Waals surface area contributed by atoms with Crippen molar-refractivity contribution < 1.29 is 0 Å². The van der Waals surface area contributed by atoms with Gasteiger partial charge in [0.25, 0.3) is 0 Å². The highest BCUT2D eigenvalue weighted by atomic mass is 31.2. The lowest BCUT2D eigenvalue weighted by Gasteiger charge is -2.51. The van der Waals surface area contributed by atoms with Crippen molar-refractivity contribution in [2.45, 2.75) is 84.2 Å². The van der Waals surface area contributed by atoms with Crippen LogP contribution in [0.2, 0.25) is 0 Å². The number of nitrogens with zero attached hydrogens (tertiary/aromatic N) is 1. The van der Waals surface area contributed by atoms with Crippen LogP contribution < -0.4 is 10.2 Å².